The van der Waals surface area contributed by atoms with Gasteiger partial charge in [0.2, 0.25) is 0 Å². The number of hydrogen-bond acceptors (Lipinski definition) is 6. The fraction of sp³-hybridized carbons (Fsp3) is 0.400. The van der Waals surface area contributed by atoms with E-state index in [1.807, 2.05) is 18.3 Å². The zero-order valence-corrected chi connectivity index (χ0v) is 15.3. The number of H-pyrrole nitrogens is 1. The van der Waals surface area contributed by atoms with E-state index in [2.05, 4.69) is 48.8 Å². The molecule has 0 radical (unpaired) electrons. The van der Waals surface area contributed by atoms with Crippen molar-refractivity contribution in [1.82, 2.24) is 19.9 Å². The highest BCUT2D eigenvalue weighted by Crippen LogP contribution is 2.44. The Morgan fingerprint density at radius 2 is 2.07 bits per heavy atom. The first-order chi connectivity index (χ1) is 13.2. The molecule has 0 unspecified atom stereocenters. The van der Waals surface area contributed by atoms with Crippen LogP contribution in [0.3, 0.4) is 0 Å². The summed E-state index contributed by atoms with van der Waals surface area (Å²) in [7, 11) is 0. The minimum atomic E-state index is 0.182. The molecule has 7 heteroatoms. The van der Waals surface area contributed by atoms with Crippen LogP contribution in [0.15, 0.2) is 36.9 Å². The number of nitrogens with one attached hydrogen (secondary N) is 1. The average Bonchev–Trinajstić information content (AvgIpc) is 3.31. The van der Waals surface area contributed by atoms with Gasteiger partial charge in [-0.25, -0.2) is 15.0 Å². The number of aromatic amines is 1. The lowest BCUT2D eigenvalue weighted by atomic mass is 9.75. The van der Waals surface area contributed by atoms with Crippen molar-refractivity contribution in [3.05, 3.63) is 42.5 Å². The third kappa shape index (κ3) is 2.60. The molecule has 0 amide bonds. The van der Waals surface area contributed by atoms with E-state index in [0.717, 1.165) is 55.3 Å². The van der Waals surface area contributed by atoms with Gasteiger partial charge >= 0.3 is 0 Å². The van der Waals surface area contributed by atoms with E-state index in [4.69, 9.17) is 5.26 Å². The monoisotopic (exact) mass is 359 g/mol. The summed E-state index contributed by atoms with van der Waals surface area (Å²) in [5.41, 5.74) is 1.68. The summed E-state index contributed by atoms with van der Waals surface area (Å²) in [5, 5.41) is 10.1. The predicted octanol–water partition coefficient (Wildman–Crippen LogP) is 2.58. The second-order valence-electron chi connectivity index (χ2n) is 7.90. The van der Waals surface area contributed by atoms with Gasteiger partial charge in [-0.05, 0) is 30.5 Å². The van der Waals surface area contributed by atoms with Crippen LogP contribution in [0.5, 0.6) is 0 Å². The van der Waals surface area contributed by atoms with Crippen LogP contribution in [0, 0.1) is 22.7 Å². The molecule has 0 aliphatic carbocycles. The molecule has 5 rings (SSSR count). The van der Waals surface area contributed by atoms with E-state index in [1.165, 1.54) is 0 Å². The van der Waals surface area contributed by atoms with Gasteiger partial charge in [0.25, 0.3) is 0 Å². The Balaban J connectivity index is 1.40. The average molecular weight is 359 g/mol. The molecule has 2 atom stereocenters. The molecular formula is C20H21N7. The molecule has 5 heterocycles. The third-order valence-corrected chi connectivity index (χ3v) is 6.11. The van der Waals surface area contributed by atoms with Crippen molar-refractivity contribution in [3.8, 4) is 6.07 Å². The summed E-state index contributed by atoms with van der Waals surface area (Å²) >= 11 is 0. The SMILES string of the molecule is C[C@@]12CN(c3ccc(C#N)cn3)C[C@H]1CCN(c1ncnc3[nH]ccc13)C2. The van der Waals surface area contributed by atoms with Crippen molar-refractivity contribution < 1.29 is 0 Å². The highest BCUT2D eigenvalue weighted by molar-refractivity contribution is 5.87. The lowest BCUT2D eigenvalue weighted by molar-refractivity contribution is 0.216. The standard InChI is InChI=1S/C20H21N7/c1-20-11-26(19-16-4-6-22-18(16)24-13-25-19)7-5-15(20)10-27(12-20)17-3-2-14(8-21)9-23-17/h2-4,6,9,13,15H,5,7,10-12H2,1H3,(H,22,24,25)/t15-,20-/m1/s1. The topological polar surface area (TPSA) is 84.7 Å². The van der Waals surface area contributed by atoms with Gasteiger partial charge in [-0.2, -0.15) is 5.26 Å². The molecule has 2 aliphatic rings. The number of fused-ring (bicyclic) bond motifs is 2. The van der Waals surface area contributed by atoms with Crippen molar-refractivity contribution in [3.63, 3.8) is 0 Å². The van der Waals surface area contributed by atoms with Crippen molar-refractivity contribution in [2.75, 3.05) is 36.0 Å². The molecule has 27 heavy (non-hydrogen) atoms. The lowest BCUT2D eigenvalue weighted by Crippen LogP contribution is -2.47. The number of nitrogens with zero attached hydrogens (tertiary/aromatic N) is 6. The normalized spacial score (nSPS) is 24.8. The van der Waals surface area contributed by atoms with Gasteiger partial charge in [0.1, 0.15) is 29.7 Å². The Morgan fingerprint density at radius 3 is 2.89 bits per heavy atom. The Labute approximate surface area is 157 Å². The molecule has 1 N–H and O–H groups in total. The zero-order chi connectivity index (χ0) is 18.4. The van der Waals surface area contributed by atoms with Crippen molar-refractivity contribution in [2.45, 2.75) is 13.3 Å². The first-order valence-corrected chi connectivity index (χ1v) is 9.30. The van der Waals surface area contributed by atoms with E-state index >= 15 is 0 Å². The summed E-state index contributed by atoms with van der Waals surface area (Å²) < 4.78 is 0. The zero-order valence-electron chi connectivity index (χ0n) is 15.3. The summed E-state index contributed by atoms with van der Waals surface area (Å²) in [6.45, 7) is 6.35. The van der Waals surface area contributed by atoms with Gasteiger partial charge in [0, 0.05) is 44.0 Å². The highest BCUT2D eigenvalue weighted by Gasteiger charge is 2.47. The summed E-state index contributed by atoms with van der Waals surface area (Å²) in [5.74, 6) is 2.62. The number of nitriles is 1. The Kier molecular flexibility index (Phi) is 3.54. The van der Waals surface area contributed by atoms with Gasteiger partial charge in [-0.3, -0.25) is 0 Å². The largest absolute Gasteiger partial charge is 0.356 e. The van der Waals surface area contributed by atoms with Crippen LogP contribution >= 0.6 is 0 Å². The van der Waals surface area contributed by atoms with Gasteiger partial charge in [-0.1, -0.05) is 6.92 Å². The molecule has 0 spiro atoms. The lowest BCUT2D eigenvalue weighted by Gasteiger charge is -2.42. The van der Waals surface area contributed by atoms with E-state index in [1.54, 1.807) is 12.5 Å². The third-order valence-electron chi connectivity index (χ3n) is 6.11. The number of anilines is 2. The molecule has 0 aromatic carbocycles. The second-order valence-corrected chi connectivity index (χ2v) is 7.90. The maximum Gasteiger partial charge on any atom is 0.142 e. The quantitative estimate of drug-likeness (QED) is 0.757. The second kappa shape index (κ2) is 5.95. The molecule has 0 bridgehead atoms. The van der Waals surface area contributed by atoms with E-state index in [-0.39, 0.29) is 5.41 Å². The minimum Gasteiger partial charge on any atom is -0.356 e. The van der Waals surface area contributed by atoms with Crippen LogP contribution in [0.25, 0.3) is 11.0 Å². The van der Waals surface area contributed by atoms with Crippen LogP contribution in [0.4, 0.5) is 11.6 Å². The number of hydrogen-bond donors (Lipinski definition) is 1. The van der Waals surface area contributed by atoms with Gasteiger partial charge in [0.15, 0.2) is 0 Å². The Morgan fingerprint density at radius 1 is 1.19 bits per heavy atom. The van der Waals surface area contributed by atoms with Crippen LogP contribution in [0.1, 0.15) is 18.9 Å². The molecule has 3 aromatic heterocycles. The summed E-state index contributed by atoms with van der Waals surface area (Å²) in [4.78, 5) is 21.3. The fourth-order valence-corrected chi connectivity index (χ4v) is 4.67. The first kappa shape index (κ1) is 16.1. The number of rotatable bonds is 2. The van der Waals surface area contributed by atoms with Crippen LogP contribution in [-0.4, -0.2) is 46.1 Å². The molecule has 2 fully saturated rings. The molecule has 2 aliphatic heterocycles. The van der Waals surface area contributed by atoms with Gasteiger partial charge in [0.05, 0.1) is 10.9 Å². The molecular weight excluding hydrogens is 338 g/mol. The van der Waals surface area contributed by atoms with Crippen LogP contribution in [0.2, 0.25) is 0 Å². The van der Waals surface area contributed by atoms with Crippen LogP contribution in [-0.2, 0) is 0 Å². The van der Waals surface area contributed by atoms with E-state index < -0.39 is 0 Å². The highest BCUT2D eigenvalue weighted by atomic mass is 15.3. The maximum atomic E-state index is 8.98. The van der Waals surface area contributed by atoms with Gasteiger partial charge < -0.3 is 14.8 Å². The Bertz CT molecular complexity index is 1020. The predicted molar refractivity (Wildman–Crippen MR) is 103 cm³/mol. The maximum absolute atomic E-state index is 8.98. The van der Waals surface area contributed by atoms with E-state index in [0.29, 0.717) is 11.5 Å². The summed E-state index contributed by atoms with van der Waals surface area (Å²) in [6, 6.07) is 8.01. The first-order valence-electron chi connectivity index (χ1n) is 9.30. The van der Waals surface area contributed by atoms with Crippen molar-refractivity contribution in [1.29, 1.82) is 5.26 Å². The molecule has 2 saturated heterocycles. The van der Waals surface area contributed by atoms with Crippen molar-refractivity contribution in [2.24, 2.45) is 11.3 Å². The number of pyridine rings is 1. The smallest absolute Gasteiger partial charge is 0.142 e. The fourth-order valence-electron chi connectivity index (χ4n) is 4.67. The molecule has 136 valence electrons. The molecule has 7 nitrogen and oxygen atoms in total. The van der Waals surface area contributed by atoms with Gasteiger partial charge in [-0.15, -0.1) is 0 Å². The minimum absolute atomic E-state index is 0.182. The Hall–Kier alpha value is -3.14. The molecule has 3 aromatic rings. The number of piperidine rings is 1. The van der Waals surface area contributed by atoms with Crippen LogP contribution < -0.4 is 9.80 Å². The molecule has 0 saturated carbocycles. The van der Waals surface area contributed by atoms with Crippen molar-refractivity contribution >= 4 is 22.7 Å². The summed E-state index contributed by atoms with van der Waals surface area (Å²) in [6.07, 6.45) is 6.37. The van der Waals surface area contributed by atoms with E-state index in [9.17, 15) is 0 Å². The number of aromatic nitrogens is 4.